The van der Waals surface area contributed by atoms with Gasteiger partial charge < -0.3 is 9.80 Å². The molecule has 1 saturated carbocycles. The molecule has 0 N–H and O–H groups in total. The average molecular weight is 308 g/mol. The van der Waals surface area contributed by atoms with E-state index in [4.69, 9.17) is 0 Å². The highest BCUT2D eigenvalue weighted by Crippen LogP contribution is 2.27. The first kappa shape index (κ1) is 17.3. The van der Waals surface area contributed by atoms with Crippen molar-refractivity contribution < 1.29 is 9.59 Å². The second-order valence-electron chi connectivity index (χ2n) is 6.91. The largest absolute Gasteiger partial charge is 0.339 e. The van der Waals surface area contributed by atoms with E-state index in [1.807, 2.05) is 9.80 Å². The van der Waals surface area contributed by atoms with Gasteiger partial charge in [0.15, 0.2) is 0 Å². The molecule has 1 heterocycles. The van der Waals surface area contributed by atoms with Crippen LogP contribution in [0.4, 0.5) is 0 Å². The summed E-state index contributed by atoms with van der Waals surface area (Å²) < 4.78 is 0. The van der Waals surface area contributed by atoms with Crippen LogP contribution in [0.1, 0.15) is 71.1 Å². The van der Waals surface area contributed by atoms with Crippen molar-refractivity contribution in [1.82, 2.24) is 9.80 Å². The Morgan fingerprint density at radius 2 is 1.41 bits per heavy atom. The lowest BCUT2D eigenvalue weighted by atomic mass is 9.86. The molecule has 0 bridgehead atoms. The van der Waals surface area contributed by atoms with Crippen molar-refractivity contribution >= 4 is 11.8 Å². The number of hydrogen-bond acceptors (Lipinski definition) is 2. The van der Waals surface area contributed by atoms with Crippen LogP contribution in [0.15, 0.2) is 0 Å². The Morgan fingerprint density at radius 1 is 0.864 bits per heavy atom. The number of carbonyl (C=O) groups excluding carboxylic acids is 2. The third-order valence-electron chi connectivity index (χ3n) is 5.22. The predicted molar refractivity (Wildman–Crippen MR) is 88.5 cm³/mol. The number of nitrogens with zero attached hydrogens (tertiary/aromatic N) is 2. The van der Waals surface area contributed by atoms with Crippen LogP contribution in [0, 0.1) is 5.92 Å². The second-order valence-corrected chi connectivity index (χ2v) is 6.91. The molecule has 0 atom stereocenters. The van der Waals surface area contributed by atoms with Gasteiger partial charge in [-0.1, -0.05) is 45.4 Å². The summed E-state index contributed by atoms with van der Waals surface area (Å²) in [6, 6.07) is 0. The minimum absolute atomic E-state index is 0.260. The van der Waals surface area contributed by atoms with Crippen molar-refractivity contribution in [2.24, 2.45) is 5.92 Å². The minimum Gasteiger partial charge on any atom is -0.339 e. The van der Waals surface area contributed by atoms with Gasteiger partial charge in [-0.05, 0) is 18.8 Å². The van der Waals surface area contributed by atoms with Crippen molar-refractivity contribution in [2.45, 2.75) is 71.1 Å². The molecule has 0 aromatic rings. The summed E-state index contributed by atoms with van der Waals surface area (Å²) in [4.78, 5) is 28.2. The number of amides is 2. The Bertz CT molecular complexity index is 356. The maximum absolute atomic E-state index is 12.3. The van der Waals surface area contributed by atoms with Crippen LogP contribution >= 0.6 is 0 Å². The molecule has 2 aliphatic rings. The third kappa shape index (κ3) is 5.29. The normalized spacial score (nSPS) is 20.2. The molecule has 22 heavy (non-hydrogen) atoms. The quantitative estimate of drug-likeness (QED) is 0.756. The fourth-order valence-corrected chi connectivity index (χ4v) is 3.65. The molecule has 1 saturated heterocycles. The van der Waals surface area contributed by atoms with E-state index in [2.05, 4.69) is 6.92 Å². The molecule has 1 aliphatic heterocycles. The Labute approximate surface area is 135 Å². The van der Waals surface area contributed by atoms with E-state index in [9.17, 15) is 9.59 Å². The fraction of sp³-hybridized carbons (Fsp3) is 0.889. The summed E-state index contributed by atoms with van der Waals surface area (Å²) in [6.07, 6.45) is 11.1. The van der Waals surface area contributed by atoms with Crippen LogP contribution < -0.4 is 0 Å². The lowest BCUT2D eigenvalue weighted by Gasteiger charge is -2.35. The number of carbonyl (C=O) groups is 2. The molecule has 0 unspecified atom stereocenters. The number of rotatable bonds is 6. The molecule has 0 aromatic heterocycles. The first-order valence-corrected chi connectivity index (χ1v) is 9.26. The van der Waals surface area contributed by atoms with Crippen molar-refractivity contribution in [1.29, 1.82) is 0 Å². The smallest absolute Gasteiger partial charge is 0.222 e. The fourth-order valence-electron chi connectivity index (χ4n) is 3.65. The molecule has 0 spiro atoms. The van der Waals surface area contributed by atoms with Gasteiger partial charge in [0, 0.05) is 39.0 Å². The molecular weight excluding hydrogens is 276 g/mol. The second kappa shape index (κ2) is 9.16. The molecule has 4 nitrogen and oxygen atoms in total. The van der Waals surface area contributed by atoms with Gasteiger partial charge in [0.2, 0.25) is 11.8 Å². The Kier molecular flexibility index (Phi) is 7.20. The number of hydrogen-bond donors (Lipinski definition) is 0. The van der Waals surface area contributed by atoms with Gasteiger partial charge in [-0.15, -0.1) is 0 Å². The molecule has 126 valence electrons. The van der Waals surface area contributed by atoms with Crippen LogP contribution in [-0.4, -0.2) is 47.8 Å². The molecule has 1 aliphatic carbocycles. The Morgan fingerprint density at radius 3 is 1.95 bits per heavy atom. The standard InChI is InChI=1S/C18H32N2O2/c1-2-3-9-17(21)19-12-14-20(15-13-19)18(22)11-10-16-7-5-4-6-8-16/h16H,2-15H2,1H3. The summed E-state index contributed by atoms with van der Waals surface area (Å²) in [5, 5.41) is 0. The maximum atomic E-state index is 12.3. The molecule has 2 fully saturated rings. The first-order valence-electron chi connectivity index (χ1n) is 9.26. The summed E-state index contributed by atoms with van der Waals surface area (Å²) >= 11 is 0. The van der Waals surface area contributed by atoms with Gasteiger partial charge in [0.25, 0.3) is 0 Å². The highest BCUT2D eigenvalue weighted by atomic mass is 16.2. The summed E-state index contributed by atoms with van der Waals surface area (Å²) in [5.41, 5.74) is 0. The van der Waals surface area contributed by atoms with Crippen LogP contribution in [0.3, 0.4) is 0 Å². The van der Waals surface area contributed by atoms with E-state index in [0.717, 1.165) is 51.4 Å². The van der Waals surface area contributed by atoms with E-state index in [1.165, 1.54) is 32.1 Å². The summed E-state index contributed by atoms with van der Waals surface area (Å²) in [7, 11) is 0. The van der Waals surface area contributed by atoms with E-state index in [-0.39, 0.29) is 5.91 Å². The van der Waals surface area contributed by atoms with Crippen molar-refractivity contribution in [3.05, 3.63) is 0 Å². The van der Waals surface area contributed by atoms with Crippen molar-refractivity contribution in [3.63, 3.8) is 0 Å². The molecule has 0 radical (unpaired) electrons. The zero-order valence-corrected chi connectivity index (χ0v) is 14.2. The Balaban J connectivity index is 1.65. The monoisotopic (exact) mass is 308 g/mol. The zero-order chi connectivity index (χ0) is 15.8. The Hall–Kier alpha value is -1.06. The SMILES string of the molecule is CCCCC(=O)N1CCN(C(=O)CCC2CCCCC2)CC1. The molecule has 0 aromatic carbocycles. The van der Waals surface area contributed by atoms with Crippen LogP contribution in [0.5, 0.6) is 0 Å². The third-order valence-corrected chi connectivity index (χ3v) is 5.22. The molecule has 2 rings (SSSR count). The van der Waals surface area contributed by atoms with Gasteiger partial charge in [0.05, 0.1) is 0 Å². The number of unbranched alkanes of at least 4 members (excludes halogenated alkanes) is 1. The summed E-state index contributed by atoms with van der Waals surface area (Å²) in [6.45, 7) is 4.99. The van der Waals surface area contributed by atoms with Crippen LogP contribution in [0.2, 0.25) is 0 Å². The predicted octanol–water partition coefficient (Wildman–Crippen LogP) is 3.21. The summed E-state index contributed by atoms with van der Waals surface area (Å²) in [5.74, 6) is 1.33. The lowest BCUT2D eigenvalue weighted by Crippen LogP contribution is -2.50. The zero-order valence-electron chi connectivity index (χ0n) is 14.2. The van der Waals surface area contributed by atoms with Gasteiger partial charge in [-0.3, -0.25) is 9.59 Å². The highest BCUT2D eigenvalue weighted by molar-refractivity contribution is 5.78. The van der Waals surface area contributed by atoms with Crippen molar-refractivity contribution in [3.8, 4) is 0 Å². The van der Waals surface area contributed by atoms with Gasteiger partial charge in [0.1, 0.15) is 0 Å². The van der Waals surface area contributed by atoms with E-state index < -0.39 is 0 Å². The lowest BCUT2D eigenvalue weighted by molar-refractivity contribution is -0.139. The van der Waals surface area contributed by atoms with E-state index in [0.29, 0.717) is 18.7 Å². The molecular formula is C18H32N2O2. The highest BCUT2D eigenvalue weighted by Gasteiger charge is 2.24. The number of piperazine rings is 1. The minimum atomic E-state index is 0.260. The van der Waals surface area contributed by atoms with E-state index >= 15 is 0 Å². The van der Waals surface area contributed by atoms with Crippen molar-refractivity contribution in [2.75, 3.05) is 26.2 Å². The maximum Gasteiger partial charge on any atom is 0.222 e. The van der Waals surface area contributed by atoms with Gasteiger partial charge in [-0.25, -0.2) is 0 Å². The molecule has 4 heteroatoms. The van der Waals surface area contributed by atoms with Gasteiger partial charge >= 0.3 is 0 Å². The van der Waals surface area contributed by atoms with Crippen LogP contribution in [-0.2, 0) is 9.59 Å². The van der Waals surface area contributed by atoms with Gasteiger partial charge in [-0.2, -0.15) is 0 Å². The first-order chi connectivity index (χ1) is 10.7. The molecule has 2 amide bonds. The van der Waals surface area contributed by atoms with Crippen LogP contribution in [0.25, 0.3) is 0 Å². The topological polar surface area (TPSA) is 40.6 Å². The average Bonchev–Trinajstić information content (AvgIpc) is 2.58. The van der Waals surface area contributed by atoms with E-state index in [1.54, 1.807) is 0 Å².